The molecule has 0 amide bonds. The van der Waals surface area contributed by atoms with E-state index in [1.165, 1.54) is 44.7 Å². The van der Waals surface area contributed by atoms with Crippen molar-refractivity contribution in [1.82, 2.24) is 9.97 Å². The molecule has 1 heterocycles. The summed E-state index contributed by atoms with van der Waals surface area (Å²) in [6, 6.07) is 0. The number of unbranched alkanes of at least 4 members (excludes halogenated alkanes) is 3. The molecule has 1 aromatic rings. The van der Waals surface area contributed by atoms with E-state index in [0.29, 0.717) is 0 Å². The number of nitrogens with one attached hydrogen (secondary N) is 1. The lowest BCUT2D eigenvalue weighted by molar-refractivity contribution is 0.834. The van der Waals surface area contributed by atoms with Gasteiger partial charge in [-0.2, -0.15) is 0 Å². The molecule has 0 aliphatic carbocycles. The minimum absolute atomic E-state index is 0.527. The van der Waals surface area contributed by atoms with Crippen molar-refractivity contribution in [2.45, 2.75) is 73.1 Å². The van der Waals surface area contributed by atoms with Gasteiger partial charge in [0.05, 0.1) is 31.0 Å². The van der Waals surface area contributed by atoms with Crippen molar-refractivity contribution in [3.05, 3.63) is 18.2 Å². The molecule has 0 saturated heterocycles. The molecule has 0 fully saturated rings. The first-order valence-corrected chi connectivity index (χ1v) is 11.5. The van der Waals surface area contributed by atoms with Crippen LogP contribution in [0.5, 0.6) is 0 Å². The average molecular weight is 313 g/mol. The fourth-order valence-corrected chi connectivity index (χ4v) is 7.20. The molecule has 0 aromatic carbocycles. The van der Waals surface area contributed by atoms with Crippen molar-refractivity contribution >= 4 is 7.26 Å². The molecule has 0 radical (unpaired) electrons. The second-order valence-electron chi connectivity index (χ2n) is 6.12. The molecule has 0 aliphatic rings. The van der Waals surface area contributed by atoms with Crippen LogP contribution in [0.15, 0.2) is 12.5 Å². The SMILES string of the molecule is CCCC[P+](CC)(CCCC)CCCC.Cc1cnc[nH]1. The molecule has 2 nitrogen and oxygen atoms in total. The van der Waals surface area contributed by atoms with Crippen molar-refractivity contribution in [1.29, 1.82) is 0 Å². The monoisotopic (exact) mass is 313 g/mol. The molecule has 0 unspecified atom stereocenters. The summed E-state index contributed by atoms with van der Waals surface area (Å²) in [7, 11) is -0.527. The Hall–Kier alpha value is -0.360. The molecule has 1 aromatic heterocycles. The molecule has 0 atom stereocenters. The van der Waals surface area contributed by atoms with E-state index < -0.39 is 7.26 Å². The Labute approximate surface area is 133 Å². The summed E-state index contributed by atoms with van der Waals surface area (Å²) in [5, 5.41) is 0. The van der Waals surface area contributed by atoms with Crippen LogP contribution in [0.1, 0.15) is 71.9 Å². The van der Waals surface area contributed by atoms with Gasteiger partial charge in [-0.1, -0.05) is 40.0 Å². The fourth-order valence-electron chi connectivity index (χ4n) is 2.62. The standard InChI is InChI=1S/C14H32P.C4H6N2/c1-5-9-12-15(8-4,13-10-6-2)14-11-7-3;1-4-2-5-3-6-4/h5-14H2,1-4H3;2-3H,1H3,(H,5,6)/q+1;. The highest BCUT2D eigenvalue weighted by molar-refractivity contribution is 7.75. The number of aromatic nitrogens is 2. The van der Waals surface area contributed by atoms with E-state index >= 15 is 0 Å². The predicted octanol–water partition coefficient (Wildman–Crippen LogP) is 6.14. The molecule has 21 heavy (non-hydrogen) atoms. The Morgan fingerprint density at radius 2 is 1.38 bits per heavy atom. The third kappa shape index (κ3) is 10.1. The van der Waals surface area contributed by atoms with Crippen molar-refractivity contribution in [2.75, 3.05) is 24.6 Å². The van der Waals surface area contributed by atoms with Crippen LogP contribution in [0.4, 0.5) is 0 Å². The smallest absolute Gasteiger partial charge is 0.0921 e. The molecule has 3 heteroatoms. The Bertz CT molecular complexity index is 287. The van der Waals surface area contributed by atoms with Gasteiger partial charge in [0.2, 0.25) is 0 Å². The summed E-state index contributed by atoms with van der Waals surface area (Å²) >= 11 is 0. The number of aromatic amines is 1. The highest BCUT2D eigenvalue weighted by Gasteiger charge is 2.32. The first kappa shape index (κ1) is 20.6. The Kier molecular flexibility index (Phi) is 13.1. The van der Waals surface area contributed by atoms with Gasteiger partial charge in [-0.3, -0.25) is 0 Å². The molecule has 0 spiro atoms. The lowest BCUT2D eigenvalue weighted by atomic mass is 10.4. The van der Waals surface area contributed by atoms with E-state index in [4.69, 9.17) is 0 Å². The zero-order valence-corrected chi connectivity index (χ0v) is 16.0. The maximum atomic E-state index is 3.77. The summed E-state index contributed by atoms with van der Waals surface area (Å²) in [5.74, 6) is 0. The first-order valence-electron chi connectivity index (χ1n) is 8.94. The summed E-state index contributed by atoms with van der Waals surface area (Å²) in [6.07, 6.45) is 18.3. The molecule has 1 rings (SSSR count). The van der Waals surface area contributed by atoms with E-state index in [-0.39, 0.29) is 0 Å². The maximum absolute atomic E-state index is 3.77. The minimum atomic E-state index is -0.527. The number of aryl methyl sites for hydroxylation is 1. The largest absolute Gasteiger partial charge is 0.349 e. The molecule has 0 saturated carbocycles. The lowest BCUT2D eigenvalue weighted by Crippen LogP contribution is -2.11. The van der Waals surface area contributed by atoms with E-state index in [1.54, 1.807) is 31.0 Å². The normalized spacial score (nSPS) is 11.1. The van der Waals surface area contributed by atoms with Gasteiger partial charge in [0.25, 0.3) is 0 Å². The van der Waals surface area contributed by atoms with E-state index in [2.05, 4.69) is 37.7 Å². The molecule has 0 aliphatic heterocycles. The number of H-pyrrole nitrogens is 1. The van der Waals surface area contributed by atoms with Gasteiger partial charge in [-0.05, 0) is 33.1 Å². The third-order valence-corrected chi connectivity index (χ3v) is 9.40. The number of hydrogen-bond acceptors (Lipinski definition) is 1. The summed E-state index contributed by atoms with van der Waals surface area (Å²) in [6.45, 7) is 11.4. The molecule has 1 N–H and O–H groups in total. The van der Waals surface area contributed by atoms with E-state index in [0.717, 1.165) is 5.69 Å². The molecule has 0 bridgehead atoms. The van der Waals surface area contributed by atoms with Crippen LogP contribution in [0, 0.1) is 6.92 Å². The quantitative estimate of drug-likeness (QED) is 0.516. The average Bonchev–Trinajstić information content (AvgIpc) is 2.99. The lowest BCUT2D eigenvalue weighted by Gasteiger charge is -2.26. The molecular weight excluding hydrogens is 275 g/mol. The van der Waals surface area contributed by atoms with Crippen LogP contribution >= 0.6 is 7.26 Å². The van der Waals surface area contributed by atoms with Crippen molar-refractivity contribution in [3.63, 3.8) is 0 Å². The van der Waals surface area contributed by atoms with Crippen LogP contribution in [0.25, 0.3) is 0 Å². The number of imidazole rings is 1. The first-order chi connectivity index (χ1) is 10.1. The van der Waals surface area contributed by atoms with Crippen molar-refractivity contribution < 1.29 is 0 Å². The van der Waals surface area contributed by atoms with Crippen LogP contribution in [-0.4, -0.2) is 34.6 Å². The maximum Gasteiger partial charge on any atom is 0.0921 e. The fraction of sp³-hybridized carbons (Fsp3) is 0.833. The predicted molar refractivity (Wildman–Crippen MR) is 100 cm³/mol. The zero-order valence-electron chi connectivity index (χ0n) is 15.1. The third-order valence-electron chi connectivity index (χ3n) is 4.26. The molecular formula is C18H38N2P+. The molecule has 124 valence electrons. The second kappa shape index (κ2) is 13.3. The van der Waals surface area contributed by atoms with Crippen LogP contribution in [0.3, 0.4) is 0 Å². The highest BCUT2D eigenvalue weighted by Crippen LogP contribution is 2.60. The minimum Gasteiger partial charge on any atom is -0.349 e. The highest BCUT2D eigenvalue weighted by atomic mass is 31.2. The number of nitrogens with zero attached hydrogens (tertiary/aromatic N) is 1. The Morgan fingerprint density at radius 1 is 0.905 bits per heavy atom. The topological polar surface area (TPSA) is 28.7 Å². The van der Waals surface area contributed by atoms with Gasteiger partial charge in [-0.15, -0.1) is 0 Å². The second-order valence-corrected chi connectivity index (χ2v) is 10.8. The summed E-state index contributed by atoms with van der Waals surface area (Å²) < 4.78 is 0. The van der Waals surface area contributed by atoms with E-state index in [1.807, 2.05) is 6.92 Å². The summed E-state index contributed by atoms with van der Waals surface area (Å²) in [5.41, 5.74) is 1.11. The van der Waals surface area contributed by atoms with Gasteiger partial charge in [0.15, 0.2) is 0 Å². The van der Waals surface area contributed by atoms with Gasteiger partial charge in [-0.25, -0.2) is 4.98 Å². The number of rotatable bonds is 10. The van der Waals surface area contributed by atoms with E-state index in [9.17, 15) is 0 Å². The van der Waals surface area contributed by atoms with Gasteiger partial charge < -0.3 is 4.98 Å². The Morgan fingerprint density at radius 3 is 1.57 bits per heavy atom. The van der Waals surface area contributed by atoms with Gasteiger partial charge >= 0.3 is 0 Å². The van der Waals surface area contributed by atoms with Crippen LogP contribution < -0.4 is 0 Å². The van der Waals surface area contributed by atoms with Crippen molar-refractivity contribution in [2.24, 2.45) is 0 Å². The summed E-state index contributed by atoms with van der Waals surface area (Å²) in [4.78, 5) is 6.66. The van der Waals surface area contributed by atoms with Gasteiger partial charge in [0.1, 0.15) is 0 Å². The number of hydrogen-bond donors (Lipinski definition) is 1. The van der Waals surface area contributed by atoms with Gasteiger partial charge in [0, 0.05) is 19.2 Å². The Balaban J connectivity index is 0.000000547. The van der Waals surface area contributed by atoms with Crippen molar-refractivity contribution in [3.8, 4) is 0 Å². The zero-order chi connectivity index (χ0) is 16.0. The van der Waals surface area contributed by atoms with Crippen LogP contribution in [-0.2, 0) is 0 Å². The van der Waals surface area contributed by atoms with Crippen LogP contribution in [0.2, 0.25) is 0 Å².